The highest BCUT2D eigenvalue weighted by atomic mass is 16.4. The zero-order valence-electron chi connectivity index (χ0n) is 19.4. The molecule has 13 heteroatoms. The number of hydrogen-bond donors (Lipinski definition) is 7. The average molecular weight is 472 g/mol. The van der Waals surface area contributed by atoms with E-state index in [9.17, 15) is 29.4 Å². The van der Waals surface area contributed by atoms with Crippen LogP contribution in [0.15, 0.2) is 4.99 Å². The van der Waals surface area contributed by atoms with Gasteiger partial charge >= 0.3 is 5.97 Å². The van der Waals surface area contributed by atoms with Gasteiger partial charge in [0.05, 0.1) is 12.1 Å². The molecule has 0 bridgehead atoms. The second kappa shape index (κ2) is 12.9. The topological polar surface area (TPSA) is 226 Å². The molecule has 0 radical (unpaired) electrons. The van der Waals surface area contributed by atoms with Crippen LogP contribution >= 0.6 is 0 Å². The molecule has 1 aliphatic heterocycles. The van der Waals surface area contributed by atoms with E-state index in [1.807, 2.05) is 0 Å². The highest BCUT2D eigenvalue weighted by Gasteiger charge is 2.40. The molecular formula is C20H37N7O6. The second-order valence-electron chi connectivity index (χ2n) is 8.53. The number of aliphatic hydroxyl groups excluding tert-OH is 1. The number of nitrogens with zero attached hydrogens (tertiary/aromatic N) is 2. The van der Waals surface area contributed by atoms with Gasteiger partial charge in [-0.15, -0.1) is 0 Å². The van der Waals surface area contributed by atoms with Gasteiger partial charge in [-0.05, 0) is 38.5 Å². The van der Waals surface area contributed by atoms with Crippen LogP contribution in [0.25, 0.3) is 0 Å². The van der Waals surface area contributed by atoms with Crippen molar-refractivity contribution in [1.82, 2.24) is 15.5 Å². The molecule has 188 valence electrons. The monoisotopic (exact) mass is 471 g/mol. The summed E-state index contributed by atoms with van der Waals surface area (Å²) in [4.78, 5) is 54.8. The molecule has 0 aromatic rings. The van der Waals surface area contributed by atoms with Crippen molar-refractivity contribution >= 4 is 29.7 Å². The van der Waals surface area contributed by atoms with Crippen molar-refractivity contribution in [1.29, 1.82) is 0 Å². The summed E-state index contributed by atoms with van der Waals surface area (Å²) < 4.78 is 0. The Morgan fingerprint density at radius 3 is 2.27 bits per heavy atom. The van der Waals surface area contributed by atoms with Crippen LogP contribution in [0.1, 0.15) is 46.5 Å². The van der Waals surface area contributed by atoms with Crippen LogP contribution in [-0.4, -0.2) is 88.1 Å². The number of hydrogen-bond acceptors (Lipinski definition) is 7. The Labute approximate surface area is 193 Å². The maximum absolute atomic E-state index is 13.0. The fraction of sp³-hybridized carbons (Fsp3) is 0.750. The Bertz CT molecular complexity index is 738. The lowest BCUT2D eigenvalue weighted by molar-refractivity contribution is -0.150. The van der Waals surface area contributed by atoms with Crippen LogP contribution in [0.5, 0.6) is 0 Å². The molecule has 5 atom stereocenters. The number of carbonyl (C=O) groups excluding carboxylic acids is 3. The van der Waals surface area contributed by atoms with Crippen LogP contribution in [0.2, 0.25) is 0 Å². The number of carboxylic acids is 1. The van der Waals surface area contributed by atoms with E-state index in [0.29, 0.717) is 12.8 Å². The van der Waals surface area contributed by atoms with E-state index < -0.39 is 54.0 Å². The highest BCUT2D eigenvalue weighted by molar-refractivity contribution is 5.94. The Morgan fingerprint density at radius 1 is 1.12 bits per heavy atom. The van der Waals surface area contributed by atoms with Crippen molar-refractivity contribution in [2.45, 2.75) is 76.7 Å². The third-order valence-corrected chi connectivity index (χ3v) is 5.47. The lowest BCUT2D eigenvalue weighted by Crippen LogP contribution is -2.60. The van der Waals surface area contributed by atoms with Gasteiger partial charge in [-0.2, -0.15) is 0 Å². The van der Waals surface area contributed by atoms with Crippen LogP contribution in [0, 0.1) is 5.92 Å². The molecule has 0 aromatic heterocycles. The number of aliphatic hydroxyl groups is 1. The normalized spacial score (nSPS) is 19.3. The van der Waals surface area contributed by atoms with Crippen LogP contribution in [0.4, 0.5) is 0 Å². The first-order valence-corrected chi connectivity index (χ1v) is 11.0. The number of aliphatic carboxylic acids is 1. The van der Waals surface area contributed by atoms with E-state index in [2.05, 4.69) is 15.6 Å². The Kier molecular flexibility index (Phi) is 11.0. The maximum Gasteiger partial charge on any atom is 0.326 e. The number of carboxylic acid groups (broad SMARTS) is 1. The van der Waals surface area contributed by atoms with E-state index in [1.165, 1.54) is 6.92 Å². The second-order valence-corrected chi connectivity index (χ2v) is 8.53. The van der Waals surface area contributed by atoms with Crippen LogP contribution in [-0.2, 0) is 19.2 Å². The molecule has 5 unspecified atom stereocenters. The van der Waals surface area contributed by atoms with E-state index >= 15 is 0 Å². The van der Waals surface area contributed by atoms with Crippen molar-refractivity contribution in [3.05, 3.63) is 0 Å². The number of carbonyl (C=O) groups is 4. The van der Waals surface area contributed by atoms with Crippen molar-refractivity contribution < 1.29 is 29.4 Å². The average Bonchev–Trinajstić information content (AvgIpc) is 3.22. The summed E-state index contributed by atoms with van der Waals surface area (Å²) in [7, 11) is 0. The number of aliphatic imine (C=N–C) groups is 1. The summed E-state index contributed by atoms with van der Waals surface area (Å²) in [5, 5.41) is 24.5. The lowest BCUT2D eigenvalue weighted by Gasteiger charge is -2.30. The Hall–Kier alpha value is -2.93. The van der Waals surface area contributed by atoms with Crippen molar-refractivity contribution in [2.24, 2.45) is 28.1 Å². The maximum atomic E-state index is 13.0. The number of nitrogens with one attached hydrogen (secondary N) is 2. The third kappa shape index (κ3) is 8.50. The van der Waals surface area contributed by atoms with Crippen molar-refractivity contribution in [3.8, 4) is 0 Å². The fourth-order valence-electron chi connectivity index (χ4n) is 3.45. The molecule has 1 heterocycles. The molecule has 1 aliphatic rings. The number of guanidine groups is 1. The van der Waals surface area contributed by atoms with Crippen LogP contribution in [0.3, 0.4) is 0 Å². The minimum atomic E-state index is -1.38. The molecular weight excluding hydrogens is 434 g/mol. The smallest absolute Gasteiger partial charge is 0.326 e. The molecule has 0 spiro atoms. The molecule has 33 heavy (non-hydrogen) atoms. The third-order valence-electron chi connectivity index (χ3n) is 5.47. The summed E-state index contributed by atoms with van der Waals surface area (Å²) in [5.74, 6) is -3.39. The fourth-order valence-corrected chi connectivity index (χ4v) is 3.45. The molecule has 1 fully saturated rings. The van der Waals surface area contributed by atoms with Crippen molar-refractivity contribution in [3.63, 3.8) is 0 Å². The van der Waals surface area contributed by atoms with Gasteiger partial charge in [-0.3, -0.25) is 19.4 Å². The first-order valence-electron chi connectivity index (χ1n) is 11.0. The Morgan fingerprint density at radius 2 is 1.76 bits per heavy atom. The number of rotatable bonds is 12. The van der Waals surface area contributed by atoms with E-state index in [1.54, 1.807) is 13.8 Å². The predicted molar refractivity (Wildman–Crippen MR) is 121 cm³/mol. The van der Waals surface area contributed by atoms with E-state index in [0.717, 1.165) is 4.90 Å². The zero-order valence-corrected chi connectivity index (χ0v) is 19.4. The molecule has 3 amide bonds. The molecule has 1 rings (SSSR count). The van der Waals surface area contributed by atoms with Crippen LogP contribution < -0.4 is 27.8 Å². The van der Waals surface area contributed by atoms with Crippen molar-refractivity contribution in [2.75, 3.05) is 13.1 Å². The van der Waals surface area contributed by atoms with Gasteiger partial charge < -0.3 is 42.9 Å². The number of amides is 3. The van der Waals surface area contributed by atoms with Gasteiger partial charge in [0.2, 0.25) is 17.7 Å². The summed E-state index contributed by atoms with van der Waals surface area (Å²) in [6.07, 6.45) is -0.0280. The SMILES string of the molecule is CC(C)C(N)C(=O)NC(CCCN=C(N)N)C(=O)NC(C(=O)N1CCCC1C(=O)O)C(C)O. The van der Waals surface area contributed by atoms with Gasteiger partial charge in [0, 0.05) is 13.1 Å². The molecule has 0 saturated carbocycles. The molecule has 10 N–H and O–H groups in total. The Balaban J connectivity index is 2.99. The van der Waals surface area contributed by atoms with Gasteiger partial charge in [-0.25, -0.2) is 4.79 Å². The minimum Gasteiger partial charge on any atom is -0.480 e. The summed E-state index contributed by atoms with van der Waals surface area (Å²) >= 11 is 0. The van der Waals surface area contributed by atoms with Gasteiger partial charge in [-0.1, -0.05) is 13.8 Å². The summed E-state index contributed by atoms with van der Waals surface area (Å²) in [6.45, 7) is 5.25. The van der Waals surface area contributed by atoms with E-state index in [-0.39, 0.29) is 37.8 Å². The standard InChI is InChI=1S/C20H37N7O6/c1-10(2)14(21)17(30)25-12(6-4-8-24-20(22)23)16(29)26-15(11(3)28)18(31)27-9-5-7-13(27)19(32)33/h10-15,28H,4-9,21H2,1-3H3,(H,25,30)(H,26,29)(H,32,33)(H4,22,23,24). The van der Waals surface area contributed by atoms with Gasteiger partial charge in [0.25, 0.3) is 0 Å². The summed E-state index contributed by atoms with van der Waals surface area (Å²) in [5.41, 5.74) is 16.5. The quantitative estimate of drug-likeness (QED) is 0.0901. The predicted octanol–water partition coefficient (Wildman–Crippen LogP) is -2.55. The number of likely N-dealkylation sites (tertiary alicyclic amines) is 1. The zero-order chi connectivity index (χ0) is 25.3. The van der Waals surface area contributed by atoms with E-state index in [4.69, 9.17) is 17.2 Å². The van der Waals surface area contributed by atoms with Gasteiger partial charge in [0.15, 0.2) is 5.96 Å². The molecule has 0 aromatic carbocycles. The molecule has 0 aliphatic carbocycles. The first kappa shape index (κ1) is 28.1. The summed E-state index contributed by atoms with van der Waals surface area (Å²) in [6, 6.07) is -4.32. The largest absolute Gasteiger partial charge is 0.480 e. The minimum absolute atomic E-state index is 0.111. The molecule has 13 nitrogen and oxygen atoms in total. The lowest BCUT2D eigenvalue weighted by atomic mass is 10.0. The molecule has 1 saturated heterocycles. The van der Waals surface area contributed by atoms with Gasteiger partial charge in [0.1, 0.15) is 18.1 Å². The highest BCUT2D eigenvalue weighted by Crippen LogP contribution is 2.19. The number of nitrogens with two attached hydrogens (primary N) is 3. The first-order chi connectivity index (χ1) is 15.4.